The average molecular weight is 264 g/mol. The summed E-state index contributed by atoms with van der Waals surface area (Å²) in [5, 5.41) is 5.14. The summed E-state index contributed by atoms with van der Waals surface area (Å²) in [7, 11) is 4.07. The highest BCUT2D eigenvalue weighted by Crippen LogP contribution is 2.13. The third kappa shape index (κ3) is 3.34. The summed E-state index contributed by atoms with van der Waals surface area (Å²) >= 11 is 5.88. The number of nitrogens with zero attached hydrogens (tertiary/aromatic N) is 3. The molecule has 4 heteroatoms. The minimum Gasteiger partial charge on any atom is -0.298 e. The molecule has 2 rings (SSSR count). The van der Waals surface area contributed by atoms with Gasteiger partial charge in [0, 0.05) is 36.9 Å². The lowest BCUT2D eigenvalue weighted by Crippen LogP contribution is -2.17. The monoisotopic (exact) mass is 263 g/mol. The second-order valence-electron chi connectivity index (χ2n) is 4.71. The Balaban J connectivity index is 1.98. The summed E-state index contributed by atoms with van der Waals surface area (Å²) in [6.07, 6.45) is 2.08. The van der Waals surface area contributed by atoms with Crippen LogP contribution >= 0.6 is 11.6 Å². The second-order valence-corrected chi connectivity index (χ2v) is 5.15. The summed E-state index contributed by atoms with van der Waals surface area (Å²) < 4.78 is 1.86. The normalized spacial score (nSPS) is 11.2. The fourth-order valence-electron chi connectivity index (χ4n) is 2.05. The van der Waals surface area contributed by atoms with E-state index in [0.29, 0.717) is 0 Å². The average Bonchev–Trinajstić information content (AvgIpc) is 2.61. The van der Waals surface area contributed by atoms with Crippen molar-refractivity contribution in [2.45, 2.75) is 20.0 Å². The van der Waals surface area contributed by atoms with Gasteiger partial charge in [-0.15, -0.1) is 0 Å². The van der Waals surface area contributed by atoms with E-state index in [4.69, 9.17) is 11.6 Å². The Labute approximate surface area is 113 Å². The summed E-state index contributed by atoms with van der Waals surface area (Å²) in [6, 6.07) is 7.99. The van der Waals surface area contributed by atoms with Gasteiger partial charge in [-0.3, -0.25) is 9.58 Å². The van der Waals surface area contributed by atoms with Crippen molar-refractivity contribution in [3.05, 3.63) is 52.3 Å². The van der Waals surface area contributed by atoms with Gasteiger partial charge in [0.05, 0.1) is 5.69 Å². The van der Waals surface area contributed by atoms with Crippen molar-refractivity contribution in [2.24, 2.45) is 7.05 Å². The molecule has 0 aliphatic rings. The van der Waals surface area contributed by atoms with Crippen LogP contribution in [0.5, 0.6) is 0 Å². The van der Waals surface area contributed by atoms with E-state index in [9.17, 15) is 0 Å². The Bertz CT molecular complexity index is 516. The Hall–Kier alpha value is -1.32. The molecule has 0 atom stereocenters. The van der Waals surface area contributed by atoms with Gasteiger partial charge < -0.3 is 0 Å². The minimum absolute atomic E-state index is 0.782. The number of rotatable bonds is 4. The molecule has 0 saturated carbocycles. The van der Waals surface area contributed by atoms with E-state index in [1.807, 2.05) is 30.8 Å². The lowest BCUT2D eigenvalue weighted by Gasteiger charge is -2.16. The van der Waals surface area contributed by atoms with Gasteiger partial charge in [0.1, 0.15) is 0 Å². The molecule has 1 heterocycles. The second kappa shape index (κ2) is 5.55. The van der Waals surface area contributed by atoms with Gasteiger partial charge in [0.2, 0.25) is 0 Å². The first kappa shape index (κ1) is 13.1. The van der Waals surface area contributed by atoms with Crippen molar-refractivity contribution in [3.63, 3.8) is 0 Å². The molecule has 0 N–H and O–H groups in total. The molecule has 2 aromatic rings. The van der Waals surface area contributed by atoms with E-state index in [1.54, 1.807) is 0 Å². The van der Waals surface area contributed by atoms with Crippen LogP contribution in [0.25, 0.3) is 0 Å². The molecule has 0 fully saturated rings. The Morgan fingerprint density at radius 1 is 1.22 bits per heavy atom. The number of halogens is 1. The first-order chi connectivity index (χ1) is 8.54. The van der Waals surface area contributed by atoms with Crippen molar-refractivity contribution in [2.75, 3.05) is 7.05 Å². The molecule has 3 nitrogen and oxygen atoms in total. The standard InChI is InChI=1S/C14H18ClN3/c1-11-13(10-18(3)16-11)9-17(2)8-12-4-6-14(15)7-5-12/h4-7,10H,8-9H2,1-3H3. The molecule has 0 saturated heterocycles. The van der Waals surface area contributed by atoms with Crippen LogP contribution in [0, 0.1) is 6.92 Å². The van der Waals surface area contributed by atoms with Crippen molar-refractivity contribution < 1.29 is 0 Å². The van der Waals surface area contributed by atoms with E-state index < -0.39 is 0 Å². The summed E-state index contributed by atoms with van der Waals surface area (Å²) in [6.45, 7) is 3.86. The highest BCUT2D eigenvalue weighted by Gasteiger charge is 2.07. The molecule has 0 amide bonds. The van der Waals surface area contributed by atoms with Crippen LogP contribution < -0.4 is 0 Å². The smallest absolute Gasteiger partial charge is 0.0638 e. The van der Waals surface area contributed by atoms with Crippen molar-refractivity contribution in [3.8, 4) is 0 Å². The molecule has 0 radical (unpaired) electrons. The van der Waals surface area contributed by atoms with E-state index in [1.165, 1.54) is 11.1 Å². The van der Waals surface area contributed by atoms with E-state index >= 15 is 0 Å². The number of benzene rings is 1. The van der Waals surface area contributed by atoms with Crippen LogP contribution in [0.4, 0.5) is 0 Å². The Morgan fingerprint density at radius 3 is 2.44 bits per heavy atom. The van der Waals surface area contributed by atoms with Crippen LogP contribution in [0.3, 0.4) is 0 Å². The van der Waals surface area contributed by atoms with Gasteiger partial charge in [-0.05, 0) is 31.7 Å². The fourth-order valence-corrected chi connectivity index (χ4v) is 2.18. The van der Waals surface area contributed by atoms with Crippen LogP contribution in [-0.4, -0.2) is 21.7 Å². The quantitative estimate of drug-likeness (QED) is 0.846. The van der Waals surface area contributed by atoms with Crippen molar-refractivity contribution >= 4 is 11.6 Å². The fraction of sp³-hybridized carbons (Fsp3) is 0.357. The third-order valence-electron chi connectivity index (χ3n) is 2.92. The van der Waals surface area contributed by atoms with Gasteiger partial charge in [-0.2, -0.15) is 5.10 Å². The zero-order chi connectivity index (χ0) is 13.1. The zero-order valence-corrected chi connectivity index (χ0v) is 11.8. The van der Waals surface area contributed by atoms with Crippen LogP contribution in [0.2, 0.25) is 5.02 Å². The maximum atomic E-state index is 5.88. The molecule has 1 aromatic carbocycles. The van der Waals surface area contributed by atoms with Gasteiger partial charge in [0.15, 0.2) is 0 Å². The molecule has 96 valence electrons. The molecule has 0 aliphatic carbocycles. The lowest BCUT2D eigenvalue weighted by atomic mass is 10.2. The lowest BCUT2D eigenvalue weighted by molar-refractivity contribution is 0.318. The zero-order valence-electron chi connectivity index (χ0n) is 11.0. The molecular formula is C14H18ClN3. The van der Waals surface area contributed by atoms with Crippen LogP contribution in [-0.2, 0) is 20.1 Å². The summed E-state index contributed by atoms with van der Waals surface area (Å²) in [4.78, 5) is 2.27. The number of aryl methyl sites for hydroxylation is 2. The van der Waals surface area contributed by atoms with Gasteiger partial charge in [0.25, 0.3) is 0 Å². The molecule has 0 bridgehead atoms. The largest absolute Gasteiger partial charge is 0.298 e. The predicted octanol–water partition coefficient (Wildman–Crippen LogP) is 3.01. The number of hydrogen-bond acceptors (Lipinski definition) is 2. The molecule has 0 spiro atoms. The first-order valence-corrected chi connectivity index (χ1v) is 6.34. The van der Waals surface area contributed by atoms with Crippen LogP contribution in [0.15, 0.2) is 30.5 Å². The Kier molecular flexibility index (Phi) is 4.04. The number of hydrogen-bond donors (Lipinski definition) is 0. The maximum absolute atomic E-state index is 5.88. The minimum atomic E-state index is 0.782. The molecular weight excluding hydrogens is 246 g/mol. The SMILES string of the molecule is Cc1nn(C)cc1CN(C)Cc1ccc(Cl)cc1. The Morgan fingerprint density at radius 2 is 1.89 bits per heavy atom. The van der Waals surface area contributed by atoms with E-state index in [-0.39, 0.29) is 0 Å². The van der Waals surface area contributed by atoms with Gasteiger partial charge in [-0.1, -0.05) is 23.7 Å². The highest BCUT2D eigenvalue weighted by molar-refractivity contribution is 6.30. The molecule has 0 aliphatic heterocycles. The first-order valence-electron chi connectivity index (χ1n) is 5.96. The molecule has 0 unspecified atom stereocenters. The van der Waals surface area contributed by atoms with Gasteiger partial charge >= 0.3 is 0 Å². The highest BCUT2D eigenvalue weighted by atomic mass is 35.5. The third-order valence-corrected chi connectivity index (χ3v) is 3.17. The van der Waals surface area contributed by atoms with Gasteiger partial charge in [-0.25, -0.2) is 0 Å². The topological polar surface area (TPSA) is 21.1 Å². The molecule has 18 heavy (non-hydrogen) atoms. The summed E-state index contributed by atoms with van der Waals surface area (Å²) in [5.74, 6) is 0. The number of aromatic nitrogens is 2. The maximum Gasteiger partial charge on any atom is 0.0638 e. The predicted molar refractivity (Wildman–Crippen MR) is 74.6 cm³/mol. The van der Waals surface area contributed by atoms with Crippen molar-refractivity contribution in [1.82, 2.24) is 14.7 Å². The summed E-state index contributed by atoms with van der Waals surface area (Å²) in [5.41, 5.74) is 3.64. The van der Waals surface area contributed by atoms with Crippen LogP contribution in [0.1, 0.15) is 16.8 Å². The van der Waals surface area contributed by atoms with E-state index in [0.717, 1.165) is 23.8 Å². The van der Waals surface area contributed by atoms with E-state index in [2.05, 4.69) is 35.4 Å². The van der Waals surface area contributed by atoms with Crippen molar-refractivity contribution in [1.29, 1.82) is 0 Å². The molecule has 1 aromatic heterocycles.